The number of ether oxygens (including phenoxy) is 1. The summed E-state index contributed by atoms with van der Waals surface area (Å²) in [5, 5.41) is 11.1. The molecule has 4 nitrogen and oxygen atoms in total. The second kappa shape index (κ2) is 6.95. The van der Waals surface area contributed by atoms with Gasteiger partial charge in [0.25, 0.3) is 0 Å². The summed E-state index contributed by atoms with van der Waals surface area (Å²) in [5.74, 6) is -0.643. The van der Waals surface area contributed by atoms with Crippen LogP contribution in [0.4, 0.5) is 0 Å². The first kappa shape index (κ1) is 16.5. The molecular formula is C18H23O4-. The molecule has 0 bridgehead atoms. The van der Waals surface area contributed by atoms with Crippen molar-refractivity contribution in [2.24, 2.45) is 17.8 Å². The van der Waals surface area contributed by atoms with Gasteiger partial charge in [-0.1, -0.05) is 45.4 Å². The average molecular weight is 303 g/mol. The van der Waals surface area contributed by atoms with Crippen molar-refractivity contribution in [3.8, 4) is 0 Å². The lowest BCUT2D eigenvalue weighted by Gasteiger charge is -2.36. The van der Waals surface area contributed by atoms with Crippen LogP contribution in [0.1, 0.15) is 60.7 Å². The zero-order chi connectivity index (χ0) is 16.3. The second-order valence-electron chi connectivity index (χ2n) is 6.60. The van der Waals surface area contributed by atoms with Crippen LogP contribution in [0, 0.1) is 17.8 Å². The van der Waals surface area contributed by atoms with Crippen LogP contribution in [-0.4, -0.2) is 18.0 Å². The molecule has 1 aliphatic rings. The number of carbonyl (C=O) groups excluding carboxylic acids is 2. The van der Waals surface area contributed by atoms with Crippen LogP contribution >= 0.6 is 0 Å². The maximum atomic E-state index is 12.4. The standard InChI is InChI=1S/C18H24O4/c1-11(2)13-9-8-12(3)10-16(13)22-18(21)15-7-5-4-6-14(15)17(19)20/h4-7,11-13,16H,8-10H2,1-3H3,(H,19,20)/p-1/t12-,13-,16-/m1/s1. The molecule has 0 aliphatic heterocycles. The van der Waals surface area contributed by atoms with Crippen LogP contribution in [0.3, 0.4) is 0 Å². The Hall–Kier alpha value is -1.84. The molecular weight excluding hydrogens is 280 g/mol. The number of hydrogen-bond donors (Lipinski definition) is 0. The lowest BCUT2D eigenvalue weighted by Crippen LogP contribution is -2.36. The molecule has 4 heteroatoms. The van der Waals surface area contributed by atoms with Gasteiger partial charge in [-0.3, -0.25) is 0 Å². The zero-order valence-electron chi connectivity index (χ0n) is 13.4. The van der Waals surface area contributed by atoms with Gasteiger partial charge in [0.1, 0.15) is 6.10 Å². The number of esters is 1. The minimum absolute atomic E-state index is 0.0724. The molecule has 120 valence electrons. The number of carbonyl (C=O) groups is 2. The topological polar surface area (TPSA) is 66.4 Å². The van der Waals surface area contributed by atoms with Gasteiger partial charge in [-0.05, 0) is 36.7 Å². The molecule has 0 unspecified atom stereocenters. The molecule has 0 heterocycles. The maximum absolute atomic E-state index is 12.4. The molecule has 0 aromatic heterocycles. The monoisotopic (exact) mass is 303 g/mol. The molecule has 0 amide bonds. The first-order valence-corrected chi connectivity index (χ1v) is 7.91. The van der Waals surface area contributed by atoms with E-state index in [1.165, 1.54) is 12.1 Å². The molecule has 0 N–H and O–H groups in total. The van der Waals surface area contributed by atoms with Gasteiger partial charge < -0.3 is 14.6 Å². The number of rotatable bonds is 4. The predicted octanol–water partition coefficient (Wildman–Crippen LogP) is 2.67. The van der Waals surface area contributed by atoms with Gasteiger partial charge in [-0.25, -0.2) is 4.79 Å². The molecule has 1 aliphatic carbocycles. The average Bonchev–Trinajstić information content (AvgIpc) is 2.46. The van der Waals surface area contributed by atoms with Crippen molar-refractivity contribution in [1.29, 1.82) is 0 Å². The third-order valence-electron chi connectivity index (χ3n) is 4.59. The van der Waals surface area contributed by atoms with Gasteiger partial charge >= 0.3 is 5.97 Å². The Morgan fingerprint density at radius 3 is 2.41 bits per heavy atom. The van der Waals surface area contributed by atoms with Gasteiger partial charge in [0.2, 0.25) is 0 Å². The van der Waals surface area contributed by atoms with Gasteiger partial charge in [0, 0.05) is 5.56 Å². The van der Waals surface area contributed by atoms with E-state index in [1.54, 1.807) is 12.1 Å². The number of carboxylic acid groups (broad SMARTS) is 1. The van der Waals surface area contributed by atoms with Crippen molar-refractivity contribution in [1.82, 2.24) is 0 Å². The van der Waals surface area contributed by atoms with E-state index in [0.29, 0.717) is 17.8 Å². The van der Waals surface area contributed by atoms with Crippen molar-refractivity contribution in [3.63, 3.8) is 0 Å². The highest BCUT2D eigenvalue weighted by Gasteiger charge is 2.33. The first-order valence-electron chi connectivity index (χ1n) is 7.91. The van der Waals surface area contributed by atoms with Crippen molar-refractivity contribution in [3.05, 3.63) is 35.4 Å². The summed E-state index contributed by atoms with van der Waals surface area (Å²) in [6.45, 7) is 6.43. The number of aromatic carboxylic acids is 1. The largest absolute Gasteiger partial charge is 0.545 e. The van der Waals surface area contributed by atoms with E-state index in [-0.39, 0.29) is 17.2 Å². The van der Waals surface area contributed by atoms with Crippen molar-refractivity contribution in [2.45, 2.75) is 46.1 Å². The van der Waals surface area contributed by atoms with Crippen molar-refractivity contribution < 1.29 is 19.4 Å². The molecule has 2 rings (SSSR count). The van der Waals surface area contributed by atoms with Crippen molar-refractivity contribution >= 4 is 11.9 Å². The zero-order valence-corrected chi connectivity index (χ0v) is 13.4. The number of benzene rings is 1. The number of carboxylic acids is 1. The van der Waals surface area contributed by atoms with Crippen LogP contribution in [0.5, 0.6) is 0 Å². The molecule has 1 saturated carbocycles. The molecule has 22 heavy (non-hydrogen) atoms. The summed E-state index contributed by atoms with van der Waals surface area (Å²) in [6.07, 6.45) is 2.87. The molecule has 1 fully saturated rings. The van der Waals surface area contributed by atoms with Crippen LogP contribution in [0.2, 0.25) is 0 Å². The highest BCUT2D eigenvalue weighted by molar-refractivity contribution is 6.01. The summed E-state index contributed by atoms with van der Waals surface area (Å²) in [4.78, 5) is 23.5. The highest BCUT2D eigenvalue weighted by Crippen LogP contribution is 2.35. The van der Waals surface area contributed by atoms with Crippen LogP contribution < -0.4 is 5.11 Å². The van der Waals surface area contributed by atoms with Gasteiger partial charge in [0.15, 0.2) is 0 Å². The van der Waals surface area contributed by atoms with Crippen LogP contribution in [0.15, 0.2) is 24.3 Å². The Morgan fingerprint density at radius 2 is 1.82 bits per heavy atom. The summed E-state index contributed by atoms with van der Waals surface area (Å²) in [6, 6.07) is 6.05. The normalized spacial score (nSPS) is 25.0. The summed E-state index contributed by atoms with van der Waals surface area (Å²) < 4.78 is 5.68. The van der Waals surface area contributed by atoms with Gasteiger partial charge in [0.05, 0.1) is 11.5 Å². The maximum Gasteiger partial charge on any atom is 0.339 e. The van der Waals surface area contributed by atoms with Crippen LogP contribution in [0.25, 0.3) is 0 Å². The summed E-state index contributed by atoms with van der Waals surface area (Å²) in [5.41, 5.74) is -0.0410. The quantitative estimate of drug-likeness (QED) is 0.802. The van der Waals surface area contributed by atoms with E-state index in [2.05, 4.69) is 20.8 Å². The Kier molecular flexibility index (Phi) is 5.22. The van der Waals surface area contributed by atoms with Gasteiger partial charge in [-0.2, -0.15) is 0 Å². The lowest BCUT2D eigenvalue weighted by molar-refractivity contribution is -0.255. The summed E-state index contributed by atoms with van der Waals surface area (Å²) in [7, 11) is 0. The summed E-state index contributed by atoms with van der Waals surface area (Å²) >= 11 is 0. The minimum atomic E-state index is -1.36. The fourth-order valence-electron chi connectivity index (χ4n) is 3.29. The SMILES string of the molecule is CC(C)[C@H]1CC[C@@H](C)C[C@H]1OC(=O)c1ccccc1C(=O)[O-]. The van der Waals surface area contributed by atoms with E-state index in [1.807, 2.05) is 0 Å². The van der Waals surface area contributed by atoms with E-state index < -0.39 is 11.9 Å². The Balaban J connectivity index is 2.18. The molecule has 1 aromatic rings. The van der Waals surface area contributed by atoms with E-state index in [9.17, 15) is 14.7 Å². The van der Waals surface area contributed by atoms with E-state index in [4.69, 9.17) is 4.74 Å². The molecule has 1 aromatic carbocycles. The third kappa shape index (κ3) is 3.67. The highest BCUT2D eigenvalue weighted by atomic mass is 16.5. The smallest absolute Gasteiger partial charge is 0.339 e. The second-order valence-corrected chi connectivity index (χ2v) is 6.60. The first-order chi connectivity index (χ1) is 10.4. The fraction of sp³-hybridized carbons (Fsp3) is 0.556. The van der Waals surface area contributed by atoms with Gasteiger partial charge in [-0.15, -0.1) is 0 Å². The molecule has 0 saturated heterocycles. The fourth-order valence-corrected chi connectivity index (χ4v) is 3.29. The minimum Gasteiger partial charge on any atom is -0.545 e. The molecule has 0 radical (unpaired) electrons. The van der Waals surface area contributed by atoms with E-state index >= 15 is 0 Å². The van der Waals surface area contributed by atoms with Crippen molar-refractivity contribution in [2.75, 3.05) is 0 Å². The third-order valence-corrected chi connectivity index (χ3v) is 4.59. The molecule has 0 spiro atoms. The lowest BCUT2D eigenvalue weighted by atomic mass is 9.75. The Bertz CT molecular complexity index is 550. The van der Waals surface area contributed by atoms with E-state index in [0.717, 1.165) is 19.3 Å². The Morgan fingerprint density at radius 1 is 1.18 bits per heavy atom. The molecule has 3 atom stereocenters. The Labute approximate surface area is 131 Å². The van der Waals surface area contributed by atoms with Crippen LogP contribution in [-0.2, 0) is 4.74 Å². The number of hydrogen-bond acceptors (Lipinski definition) is 4. The predicted molar refractivity (Wildman–Crippen MR) is 81.3 cm³/mol.